The molecule has 3 rings (SSSR count). The van der Waals surface area contributed by atoms with Gasteiger partial charge in [0.25, 0.3) is 0 Å². The summed E-state index contributed by atoms with van der Waals surface area (Å²) in [6.07, 6.45) is -3.40. The molecule has 0 aliphatic rings. The zero-order valence-corrected chi connectivity index (χ0v) is 16.8. The van der Waals surface area contributed by atoms with Gasteiger partial charge in [0, 0.05) is 6.07 Å². The third-order valence-corrected chi connectivity index (χ3v) is 4.06. The minimum absolute atomic E-state index is 0.00236. The average Bonchev–Trinajstić information content (AvgIpc) is 2.69. The SMILES string of the molecule is FC(F)(F)c1cc(Oc2cccc(Oc3ccccc3)c2)ccc1OCC=C(Cl)Cl. The molecular formula is C22H15Cl2F3O3. The molecule has 0 unspecified atom stereocenters. The van der Waals surface area contributed by atoms with Gasteiger partial charge in [-0.25, -0.2) is 0 Å². The van der Waals surface area contributed by atoms with Crippen LogP contribution in [0.4, 0.5) is 13.2 Å². The van der Waals surface area contributed by atoms with Gasteiger partial charge in [-0.15, -0.1) is 0 Å². The molecule has 0 saturated carbocycles. The Morgan fingerprint density at radius 1 is 0.767 bits per heavy atom. The Labute approximate surface area is 181 Å². The highest BCUT2D eigenvalue weighted by atomic mass is 35.5. The van der Waals surface area contributed by atoms with Crippen molar-refractivity contribution in [1.29, 1.82) is 0 Å². The quantitative estimate of drug-likeness (QED) is 0.362. The van der Waals surface area contributed by atoms with Crippen molar-refractivity contribution in [2.75, 3.05) is 6.61 Å². The highest BCUT2D eigenvalue weighted by Gasteiger charge is 2.35. The summed E-state index contributed by atoms with van der Waals surface area (Å²) in [5, 5.41) is 0. The van der Waals surface area contributed by atoms with Crippen molar-refractivity contribution in [3.8, 4) is 28.7 Å². The molecule has 0 fully saturated rings. The van der Waals surface area contributed by atoms with Crippen LogP contribution in [0, 0.1) is 0 Å². The standard InChI is InChI=1S/C22H15Cl2F3O3/c23-21(24)11-12-28-20-10-9-18(14-19(20)22(25,26)27)30-17-8-4-7-16(13-17)29-15-5-2-1-3-6-15/h1-11,13-14H,12H2. The van der Waals surface area contributed by atoms with E-state index in [0.29, 0.717) is 17.2 Å². The number of hydrogen-bond acceptors (Lipinski definition) is 3. The zero-order valence-electron chi connectivity index (χ0n) is 15.3. The molecule has 0 bridgehead atoms. The van der Waals surface area contributed by atoms with E-state index in [1.165, 1.54) is 18.2 Å². The second-order valence-electron chi connectivity index (χ2n) is 5.95. The van der Waals surface area contributed by atoms with Gasteiger partial charge in [0.1, 0.15) is 45.4 Å². The van der Waals surface area contributed by atoms with E-state index in [9.17, 15) is 13.2 Å². The monoisotopic (exact) mass is 454 g/mol. The minimum Gasteiger partial charge on any atom is -0.489 e. The molecule has 0 radical (unpaired) electrons. The largest absolute Gasteiger partial charge is 0.489 e. The Morgan fingerprint density at radius 3 is 2.00 bits per heavy atom. The van der Waals surface area contributed by atoms with Crippen molar-refractivity contribution in [1.82, 2.24) is 0 Å². The smallest absolute Gasteiger partial charge is 0.420 e. The molecule has 0 heterocycles. The summed E-state index contributed by atoms with van der Waals surface area (Å²) in [4.78, 5) is 0. The van der Waals surface area contributed by atoms with E-state index in [0.717, 1.165) is 6.07 Å². The normalized spacial score (nSPS) is 11.0. The molecule has 0 aromatic heterocycles. The summed E-state index contributed by atoms with van der Waals surface area (Å²) in [5.74, 6) is 1.07. The lowest BCUT2D eigenvalue weighted by molar-refractivity contribution is -0.139. The number of ether oxygens (including phenoxy) is 3. The van der Waals surface area contributed by atoms with Crippen LogP contribution in [0.2, 0.25) is 0 Å². The van der Waals surface area contributed by atoms with Crippen LogP contribution in [0.25, 0.3) is 0 Å². The molecule has 0 aliphatic carbocycles. The summed E-state index contributed by atoms with van der Waals surface area (Å²) >= 11 is 10.9. The Morgan fingerprint density at radius 2 is 1.37 bits per heavy atom. The second-order valence-corrected chi connectivity index (χ2v) is 6.96. The van der Waals surface area contributed by atoms with Gasteiger partial charge < -0.3 is 14.2 Å². The van der Waals surface area contributed by atoms with Gasteiger partial charge >= 0.3 is 6.18 Å². The third kappa shape index (κ3) is 6.34. The van der Waals surface area contributed by atoms with Crippen molar-refractivity contribution in [3.05, 3.63) is 88.9 Å². The number of para-hydroxylation sites is 1. The van der Waals surface area contributed by atoms with Gasteiger partial charge in [-0.05, 0) is 48.5 Å². The third-order valence-electron chi connectivity index (χ3n) is 3.75. The molecule has 0 aliphatic heterocycles. The van der Waals surface area contributed by atoms with E-state index in [1.54, 1.807) is 36.4 Å². The lowest BCUT2D eigenvalue weighted by atomic mass is 10.2. The first-order valence-corrected chi connectivity index (χ1v) is 9.43. The van der Waals surface area contributed by atoms with Crippen LogP contribution in [0.5, 0.6) is 28.7 Å². The van der Waals surface area contributed by atoms with Gasteiger partial charge in [0.2, 0.25) is 0 Å². The highest BCUT2D eigenvalue weighted by Crippen LogP contribution is 2.39. The number of alkyl halides is 3. The van der Waals surface area contributed by atoms with Crippen molar-refractivity contribution in [2.45, 2.75) is 6.18 Å². The zero-order chi connectivity index (χ0) is 21.6. The minimum atomic E-state index is -4.64. The summed E-state index contributed by atoms with van der Waals surface area (Å²) in [7, 11) is 0. The first-order chi connectivity index (χ1) is 14.3. The fourth-order valence-corrected chi connectivity index (χ4v) is 2.60. The maximum absolute atomic E-state index is 13.4. The molecule has 8 heteroatoms. The molecule has 3 aromatic rings. The van der Waals surface area contributed by atoms with Gasteiger partial charge in [-0.3, -0.25) is 0 Å². The van der Waals surface area contributed by atoms with Crippen LogP contribution < -0.4 is 14.2 Å². The van der Waals surface area contributed by atoms with E-state index in [4.69, 9.17) is 37.4 Å². The van der Waals surface area contributed by atoms with Crippen LogP contribution in [0.15, 0.2) is 83.4 Å². The first-order valence-electron chi connectivity index (χ1n) is 8.67. The van der Waals surface area contributed by atoms with Crippen LogP contribution >= 0.6 is 23.2 Å². The van der Waals surface area contributed by atoms with Gasteiger partial charge in [-0.2, -0.15) is 13.2 Å². The molecule has 156 valence electrons. The van der Waals surface area contributed by atoms with Crippen LogP contribution in [-0.4, -0.2) is 6.61 Å². The number of hydrogen-bond donors (Lipinski definition) is 0. The highest BCUT2D eigenvalue weighted by molar-refractivity contribution is 6.55. The lowest BCUT2D eigenvalue weighted by Crippen LogP contribution is -2.09. The number of halogens is 5. The van der Waals surface area contributed by atoms with Crippen molar-refractivity contribution < 1.29 is 27.4 Å². The van der Waals surface area contributed by atoms with Crippen LogP contribution in [0.1, 0.15) is 5.56 Å². The lowest BCUT2D eigenvalue weighted by Gasteiger charge is -2.15. The molecule has 0 saturated heterocycles. The van der Waals surface area contributed by atoms with Crippen molar-refractivity contribution in [2.24, 2.45) is 0 Å². The second kappa shape index (κ2) is 9.78. The predicted molar refractivity (Wildman–Crippen MR) is 110 cm³/mol. The molecule has 3 nitrogen and oxygen atoms in total. The Bertz CT molecular complexity index is 1020. The molecule has 0 spiro atoms. The predicted octanol–water partition coefficient (Wildman–Crippen LogP) is 7.99. The fraction of sp³-hybridized carbons (Fsp3) is 0.0909. The summed E-state index contributed by atoms with van der Waals surface area (Å²) in [6.45, 7) is -0.204. The molecule has 0 atom stereocenters. The first kappa shape index (κ1) is 21.9. The van der Waals surface area contributed by atoms with Crippen molar-refractivity contribution >= 4 is 23.2 Å². The van der Waals surface area contributed by atoms with E-state index in [-0.39, 0.29) is 22.6 Å². The van der Waals surface area contributed by atoms with Gasteiger partial charge in [-0.1, -0.05) is 47.5 Å². The van der Waals surface area contributed by atoms with Gasteiger partial charge in [0.05, 0.1) is 0 Å². The van der Waals surface area contributed by atoms with E-state index < -0.39 is 11.7 Å². The molecule has 30 heavy (non-hydrogen) atoms. The number of benzene rings is 3. The summed E-state index contributed by atoms with van der Waals surface area (Å²) in [5.41, 5.74) is -0.976. The van der Waals surface area contributed by atoms with E-state index in [1.807, 2.05) is 18.2 Å². The molecule has 0 N–H and O–H groups in total. The Hall–Kier alpha value is -2.83. The Balaban J connectivity index is 1.79. The topological polar surface area (TPSA) is 27.7 Å². The molecule has 0 amide bonds. The van der Waals surface area contributed by atoms with Gasteiger partial charge in [0.15, 0.2) is 0 Å². The van der Waals surface area contributed by atoms with Crippen LogP contribution in [-0.2, 0) is 6.18 Å². The fourth-order valence-electron chi connectivity index (χ4n) is 2.48. The maximum atomic E-state index is 13.4. The van der Waals surface area contributed by atoms with Crippen molar-refractivity contribution in [3.63, 3.8) is 0 Å². The van der Waals surface area contributed by atoms with Crippen LogP contribution in [0.3, 0.4) is 0 Å². The van der Waals surface area contributed by atoms with E-state index in [2.05, 4.69) is 0 Å². The van der Waals surface area contributed by atoms with E-state index >= 15 is 0 Å². The average molecular weight is 455 g/mol. The Kier molecular flexibility index (Phi) is 7.13. The molecule has 3 aromatic carbocycles. The summed E-state index contributed by atoms with van der Waals surface area (Å²) in [6, 6.07) is 19.1. The molecular weight excluding hydrogens is 440 g/mol. The number of rotatable bonds is 7. The summed E-state index contributed by atoms with van der Waals surface area (Å²) < 4.78 is 56.6. The maximum Gasteiger partial charge on any atom is 0.420 e.